The minimum atomic E-state index is -0.296. The molecule has 6 heteroatoms. The molecule has 0 saturated heterocycles. The summed E-state index contributed by atoms with van der Waals surface area (Å²) >= 11 is 0. The van der Waals surface area contributed by atoms with Crippen molar-refractivity contribution in [2.24, 2.45) is 0 Å². The van der Waals surface area contributed by atoms with E-state index in [-0.39, 0.29) is 5.91 Å². The van der Waals surface area contributed by atoms with Gasteiger partial charge in [0.25, 0.3) is 11.6 Å². The van der Waals surface area contributed by atoms with Crippen LogP contribution in [0.5, 0.6) is 0 Å². The molecule has 2 heterocycles. The van der Waals surface area contributed by atoms with Crippen molar-refractivity contribution in [2.75, 3.05) is 5.32 Å². The van der Waals surface area contributed by atoms with Gasteiger partial charge in [-0.2, -0.15) is 5.26 Å². The predicted molar refractivity (Wildman–Crippen MR) is 101 cm³/mol. The van der Waals surface area contributed by atoms with E-state index in [0.717, 1.165) is 5.56 Å². The average Bonchev–Trinajstić information content (AvgIpc) is 3.09. The molecule has 0 unspecified atom stereocenters. The Kier molecular flexibility index (Phi) is 4.11. The number of aryl methyl sites for hydroxylation is 1. The maximum atomic E-state index is 12.9. The zero-order valence-corrected chi connectivity index (χ0v) is 14.4. The third-order valence-electron chi connectivity index (χ3n) is 4.20. The van der Waals surface area contributed by atoms with Crippen LogP contribution in [0.3, 0.4) is 0 Å². The number of nitrogens with zero attached hydrogens (tertiary/aromatic N) is 3. The number of carbonyl (C=O) groups is 1. The lowest BCUT2D eigenvalue weighted by atomic mass is 10.0. The van der Waals surface area contributed by atoms with Gasteiger partial charge in [-0.3, -0.25) is 4.79 Å². The lowest BCUT2D eigenvalue weighted by Crippen LogP contribution is -2.13. The number of nitrogens with one attached hydrogen (secondary N) is 1. The fourth-order valence-corrected chi connectivity index (χ4v) is 2.86. The number of aromatic nitrogens is 2. The lowest BCUT2D eigenvalue weighted by molar-refractivity contribution is 0.102. The van der Waals surface area contributed by atoms with Crippen molar-refractivity contribution in [3.8, 4) is 17.3 Å². The number of fused-ring (bicyclic) bond motifs is 1. The fraction of sp³-hybridized carbons (Fsp3) is 0.0476. The summed E-state index contributed by atoms with van der Waals surface area (Å²) in [6.07, 6.45) is 0. The number of rotatable bonds is 3. The minimum Gasteiger partial charge on any atom is -0.335 e. The second kappa shape index (κ2) is 6.73. The number of pyridine rings is 1. The van der Waals surface area contributed by atoms with Crippen LogP contribution in [-0.2, 0) is 0 Å². The Morgan fingerprint density at radius 2 is 1.85 bits per heavy atom. The molecule has 4 aromatic rings. The van der Waals surface area contributed by atoms with Gasteiger partial charge in [-0.15, -0.1) is 0 Å². The molecule has 0 atom stereocenters. The van der Waals surface area contributed by atoms with Gasteiger partial charge in [0, 0.05) is 11.3 Å². The van der Waals surface area contributed by atoms with E-state index in [1.165, 1.54) is 0 Å². The predicted octanol–water partition coefficient (Wildman–Crippen LogP) is 4.32. The Hall–Kier alpha value is -3.98. The van der Waals surface area contributed by atoms with Crippen molar-refractivity contribution in [3.63, 3.8) is 0 Å². The van der Waals surface area contributed by atoms with E-state index in [0.29, 0.717) is 39.3 Å². The van der Waals surface area contributed by atoms with Crippen LogP contribution >= 0.6 is 0 Å². The summed E-state index contributed by atoms with van der Waals surface area (Å²) in [5.74, 6) is -0.296. The molecular formula is C21H14N4O2. The van der Waals surface area contributed by atoms with Gasteiger partial charge in [0.1, 0.15) is 0 Å². The van der Waals surface area contributed by atoms with Crippen LogP contribution in [0, 0.1) is 18.3 Å². The molecule has 2 aromatic heterocycles. The summed E-state index contributed by atoms with van der Waals surface area (Å²) in [5, 5.41) is 16.3. The molecule has 0 aliphatic carbocycles. The van der Waals surface area contributed by atoms with Crippen molar-refractivity contribution in [1.29, 1.82) is 5.26 Å². The number of anilines is 1. The van der Waals surface area contributed by atoms with E-state index < -0.39 is 0 Å². The highest BCUT2D eigenvalue weighted by molar-refractivity contribution is 6.13. The van der Waals surface area contributed by atoms with Crippen molar-refractivity contribution in [1.82, 2.24) is 10.1 Å². The maximum Gasteiger partial charge on any atom is 0.259 e. The van der Waals surface area contributed by atoms with Crippen LogP contribution < -0.4 is 5.32 Å². The average molecular weight is 354 g/mol. The number of amides is 1. The van der Waals surface area contributed by atoms with Crippen LogP contribution in [0.1, 0.15) is 21.6 Å². The monoisotopic (exact) mass is 354 g/mol. The van der Waals surface area contributed by atoms with Crippen LogP contribution in [0.4, 0.5) is 5.69 Å². The molecule has 4 rings (SSSR count). The topological polar surface area (TPSA) is 91.8 Å². The fourth-order valence-electron chi connectivity index (χ4n) is 2.86. The van der Waals surface area contributed by atoms with E-state index in [1.807, 2.05) is 30.3 Å². The first-order chi connectivity index (χ1) is 13.2. The Labute approximate surface area is 155 Å². The van der Waals surface area contributed by atoms with E-state index in [4.69, 9.17) is 9.78 Å². The third-order valence-corrected chi connectivity index (χ3v) is 4.20. The zero-order chi connectivity index (χ0) is 18.8. The van der Waals surface area contributed by atoms with Gasteiger partial charge in [-0.1, -0.05) is 35.5 Å². The summed E-state index contributed by atoms with van der Waals surface area (Å²) in [6.45, 7) is 1.77. The quantitative estimate of drug-likeness (QED) is 0.591. The highest BCUT2D eigenvalue weighted by Gasteiger charge is 2.19. The maximum absolute atomic E-state index is 12.9. The highest BCUT2D eigenvalue weighted by Crippen LogP contribution is 2.27. The summed E-state index contributed by atoms with van der Waals surface area (Å²) < 4.78 is 5.30. The first-order valence-corrected chi connectivity index (χ1v) is 8.29. The van der Waals surface area contributed by atoms with Gasteiger partial charge in [-0.05, 0) is 37.3 Å². The second-order valence-electron chi connectivity index (χ2n) is 6.01. The Morgan fingerprint density at radius 1 is 1.11 bits per heavy atom. The zero-order valence-electron chi connectivity index (χ0n) is 14.4. The molecule has 0 bridgehead atoms. The van der Waals surface area contributed by atoms with Crippen molar-refractivity contribution in [3.05, 3.63) is 77.5 Å². The Bertz CT molecular complexity index is 1170. The smallest absolute Gasteiger partial charge is 0.259 e. The van der Waals surface area contributed by atoms with Gasteiger partial charge < -0.3 is 9.84 Å². The summed E-state index contributed by atoms with van der Waals surface area (Å²) in [6, 6.07) is 20.0. The molecule has 0 aliphatic rings. The summed E-state index contributed by atoms with van der Waals surface area (Å²) in [7, 11) is 0. The highest BCUT2D eigenvalue weighted by atomic mass is 16.5. The van der Waals surface area contributed by atoms with Crippen molar-refractivity contribution < 1.29 is 9.32 Å². The second-order valence-corrected chi connectivity index (χ2v) is 6.01. The SMILES string of the molecule is Cc1noc2nc(-c3ccccc3)cc(C(=O)Nc3ccc(C#N)cc3)c12. The molecule has 6 nitrogen and oxygen atoms in total. The van der Waals surface area contributed by atoms with Crippen LogP contribution in [0.2, 0.25) is 0 Å². The molecule has 0 spiro atoms. The number of nitriles is 1. The summed E-state index contributed by atoms with van der Waals surface area (Å²) in [4.78, 5) is 17.4. The molecular weight excluding hydrogens is 340 g/mol. The standard InChI is InChI=1S/C21H14N4O2/c1-13-19-17(20(26)23-16-9-7-14(12-22)8-10-16)11-18(24-21(19)27-25-13)15-5-3-2-4-6-15/h2-11H,1H3,(H,23,26). The number of hydrogen-bond donors (Lipinski definition) is 1. The molecule has 1 amide bonds. The van der Waals surface area contributed by atoms with Gasteiger partial charge in [0.05, 0.1) is 34.0 Å². The third kappa shape index (κ3) is 3.14. The Morgan fingerprint density at radius 3 is 2.56 bits per heavy atom. The minimum absolute atomic E-state index is 0.296. The van der Waals surface area contributed by atoms with Gasteiger partial charge in [0.2, 0.25) is 0 Å². The van der Waals surface area contributed by atoms with Crippen molar-refractivity contribution in [2.45, 2.75) is 6.92 Å². The van der Waals surface area contributed by atoms with Crippen LogP contribution in [0.25, 0.3) is 22.4 Å². The summed E-state index contributed by atoms with van der Waals surface area (Å²) in [5.41, 5.74) is 3.98. The number of hydrogen-bond acceptors (Lipinski definition) is 5. The normalized spacial score (nSPS) is 10.5. The van der Waals surface area contributed by atoms with E-state index in [9.17, 15) is 4.79 Å². The van der Waals surface area contributed by atoms with Gasteiger partial charge in [-0.25, -0.2) is 4.98 Å². The van der Waals surface area contributed by atoms with Crippen molar-refractivity contribution >= 4 is 22.7 Å². The molecule has 0 fully saturated rings. The van der Waals surface area contributed by atoms with E-state index in [2.05, 4.69) is 21.5 Å². The van der Waals surface area contributed by atoms with Crippen LogP contribution in [-0.4, -0.2) is 16.0 Å². The van der Waals surface area contributed by atoms with Crippen LogP contribution in [0.15, 0.2) is 65.2 Å². The molecule has 0 radical (unpaired) electrons. The Balaban J connectivity index is 1.78. The van der Waals surface area contributed by atoms with Gasteiger partial charge >= 0.3 is 0 Å². The molecule has 0 saturated carbocycles. The molecule has 130 valence electrons. The largest absolute Gasteiger partial charge is 0.335 e. The van der Waals surface area contributed by atoms with E-state index >= 15 is 0 Å². The molecule has 27 heavy (non-hydrogen) atoms. The molecule has 0 aliphatic heterocycles. The molecule has 2 aromatic carbocycles. The lowest BCUT2D eigenvalue weighted by Gasteiger charge is -2.08. The first kappa shape index (κ1) is 16.5. The first-order valence-electron chi connectivity index (χ1n) is 8.29. The molecule has 1 N–H and O–H groups in total. The van der Waals surface area contributed by atoms with Gasteiger partial charge in [0.15, 0.2) is 0 Å². The number of carbonyl (C=O) groups excluding carboxylic acids is 1. The van der Waals surface area contributed by atoms with E-state index in [1.54, 1.807) is 37.3 Å². The number of benzene rings is 2.